The van der Waals surface area contributed by atoms with Gasteiger partial charge in [0.2, 0.25) is 5.82 Å². The number of aromatic nitrogens is 2. The molecular weight excluding hydrogens is 285 g/mol. The molecule has 1 aliphatic rings. The lowest BCUT2D eigenvalue weighted by molar-refractivity contribution is -0.144. The van der Waals surface area contributed by atoms with Crippen molar-refractivity contribution in [1.29, 1.82) is 0 Å². The Morgan fingerprint density at radius 2 is 2.19 bits per heavy atom. The molecule has 1 unspecified atom stereocenters. The van der Waals surface area contributed by atoms with Gasteiger partial charge in [0, 0.05) is 32.3 Å². The summed E-state index contributed by atoms with van der Waals surface area (Å²) in [4.78, 5) is 9.03. The van der Waals surface area contributed by atoms with Crippen LogP contribution >= 0.6 is 0 Å². The van der Waals surface area contributed by atoms with Gasteiger partial charge in [0.1, 0.15) is 11.6 Å². The molecule has 0 aromatic carbocycles. The summed E-state index contributed by atoms with van der Waals surface area (Å²) < 4.78 is 38.6. The molecule has 1 aromatic rings. The minimum Gasteiger partial charge on any atom is -0.396 e. The molecule has 1 atom stereocenters. The van der Waals surface area contributed by atoms with Crippen LogP contribution in [0.1, 0.15) is 31.5 Å². The summed E-state index contributed by atoms with van der Waals surface area (Å²) in [6.45, 7) is 0.761. The van der Waals surface area contributed by atoms with E-state index in [4.69, 9.17) is 5.11 Å². The fourth-order valence-electron chi connectivity index (χ4n) is 2.60. The summed E-state index contributed by atoms with van der Waals surface area (Å²) in [6, 6.07) is 1.66. The quantitative estimate of drug-likeness (QED) is 0.874. The predicted molar refractivity (Wildman–Crippen MR) is 73.3 cm³/mol. The van der Waals surface area contributed by atoms with E-state index in [1.807, 2.05) is 4.90 Å². The summed E-state index contributed by atoms with van der Waals surface area (Å²) in [6.07, 6.45) is -1.37. The van der Waals surface area contributed by atoms with Gasteiger partial charge < -0.3 is 15.3 Å². The van der Waals surface area contributed by atoms with Crippen LogP contribution < -0.4 is 10.2 Å². The zero-order valence-electron chi connectivity index (χ0n) is 11.8. The lowest BCUT2D eigenvalue weighted by atomic mass is 10.1. The van der Waals surface area contributed by atoms with Crippen molar-refractivity contribution in [2.24, 2.45) is 0 Å². The van der Waals surface area contributed by atoms with Gasteiger partial charge in [-0.1, -0.05) is 0 Å². The number of rotatable bonds is 5. The van der Waals surface area contributed by atoms with Gasteiger partial charge in [0.05, 0.1) is 0 Å². The molecule has 1 fully saturated rings. The molecule has 0 amide bonds. The van der Waals surface area contributed by atoms with Crippen molar-refractivity contribution >= 4 is 11.6 Å². The Morgan fingerprint density at radius 3 is 2.81 bits per heavy atom. The molecule has 1 saturated heterocycles. The number of halogens is 3. The Kier molecular flexibility index (Phi) is 4.87. The minimum atomic E-state index is -4.57. The summed E-state index contributed by atoms with van der Waals surface area (Å²) in [5.74, 6) is -0.681. The van der Waals surface area contributed by atoms with E-state index < -0.39 is 12.0 Å². The van der Waals surface area contributed by atoms with Crippen molar-refractivity contribution in [3.63, 3.8) is 0 Å². The molecule has 0 bridgehead atoms. The number of nitrogens with zero attached hydrogens (tertiary/aromatic N) is 3. The monoisotopic (exact) mass is 304 g/mol. The van der Waals surface area contributed by atoms with Gasteiger partial charge in [0.15, 0.2) is 0 Å². The van der Waals surface area contributed by atoms with E-state index in [0.29, 0.717) is 18.8 Å². The van der Waals surface area contributed by atoms with Crippen molar-refractivity contribution in [2.45, 2.75) is 37.9 Å². The van der Waals surface area contributed by atoms with Gasteiger partial charge in [-0.05, 0) is 25.7 Å². The SMILES string of the molecule is CNc1cc(N2CCCC2CCCO)nc(C(F)(F)F)n1. The van der Waals surface area contributed by atoms with Crippen molar-refractivity contribution in [3.8, 4) is 0 Å². The molecule has 2 heterocycles. The van der Waals surface area contributed by atoms with Crippen LogP contribution in [-0.4, -0.2) is 41.3 Å². The number of aliphatic hydroxyl groups is 1. The van der Waals surface area contributed by atoms with Crippen molar-refractivity contribution in [1.82, 2.24) is 9.97 Å². The lowest BCUT2D eigenvalue weighted by Gasteiger charge is -2.26. The van der Waals surface area contributed by atoms with Gasteiger partial charge in [-0.3, -0.25) is 0 Å². The molecule has 5 nitrogen and oxygen atoms in total. The van der Waals surface area contributed by atoms with Crippen LogP contribution in [0.15, 0.2) is 6.07 Å². The molecule has 0 radical (unpaired) electrons. The third-order valence-corrected chi connectivity index (χ3v) is 3.59. The van der Waals surface area contributed by atoms with Crippen LogP contribution in [0.25, 0.3) is 0 Å². The topological polar surface area (TPSA) is 61.3 Å². The number of alkyl halides is 3. The highest BCUT2D eigenvalue weighted by Gasteiger charge is 2.36. The van der Waals surface area contributed by atoms with Crippen LogP contribution in [0.4, 0.5) is 24.8 Å². The fraction of sp³-hybridized carbons (Fsp3) is 0.692. The fourth-order valence-corrected chi connectivity index (χ4v) is 2.60. The van der Waals surface area contributed by atoms with E-state index in [9.17, 15) is 13.2 Å². The Morgan fingerprint density at radius 1 is 1.43 bits per heavy atom. The summed E-state index contributed by atoms with van der Waals surface area (Å²) >= 11 is 0. The Bertz CT molecular complexity index is 481. The standard InChI is InChI=1S/C13H19F3N4O/c1-17-10-8-11(19-12(18-10)13(14,15)16)20-6-2-4-9(20)5-3-7-21/h8-9,21H,2-7H2,1H3,(H,17,18,19). The lowest BCUT2D eigenvalue weighted by Crippen LogP contribution is -2.31. The Labute approximate surface area is 121 Å². The van der Waals surface area contributed by atoms with Crippen LogP contribution in [0, 0.1) is 0 Å². The van der Waals surface area contributed by atoms with Crippen LogP contribution in [0.3, 0.4) is 0 Å². The number of aliphatic hydroxyl groups excluding tert-OH is 1. The van der Waals surface area contributed by atoms with E-state index in [1.54, 1.807) is 0 Å². The molecule has 0 aliphatic carbocycles. The largest absolute Gasteiger partial charge is 0.451 e. The van der Waals surface area contributed by atoms with E-state index in [1.165, 1.54) is 13.1 Å². The van der Waals surface area contributed by atoms with E-state index in [-0.39, 0.29) is 18.5 Å². The first kappa shape index (κ1) is 15.8. The zero-order chi connectivity index (χ0) is 15.5. The maximum atomic E-state index is 12.9. The first-order chi connectivity index (χ1) is 9.95. The van der Waals surface area contributed by atoms with Crippen LogP contribution in [-0.2, 0) is 6.18 Å². The normalized spacial score (nSPS) is 19.1. The van der Waals surface area contributed by atoms with Crippen molar-refractivity contribution < 1.29 is 18.3 Å². The molecule has 118 valence electrons. The second-order valence-electron chi connectivity index (χ2n) is 5.04. The maximum Gasteiger partial charge on any atom is 0.451 e. The number of hydrogen-bond donors (Lipinski definition) is 2. The number of hydrogen-bond acceptors (Lipinski definition) is 5. The van der Waals surface area contributed by atoms with Crippen molar-refractivity contribution in [3.05, 3.63) is 11.9 Å². The highest BCUT2D eigenvalue weighted by Crippen LogP contribution is 2.32. The Hall–Kier alpha value is -1.57. The van der Waals surface area contributed by atoms with Gasteiger partial charge in [-0.2, -0.15) is 13.2 Å². The molecule has 1 aromatic heterocycles. The molecule has 8 heteroatoms. The summed E-state index contributed by atoms with van der Waals surface area (Å²) in [7, 11) is 1.53. The smallest absolute Gasteiger partial charge is 0.396 e. The van der Waals surface area contributed by atoms with E-state index >= 15 is 0 Å². The van der Waals surface area contributed by atoms with Gasteiger partial charge in [0.25, 0.3) is 0 Å². The maximum absolute atomic E-state index is 12.9. The Balaban J connectivity index is 2.29. The average Bonchev–Trinajstić information content (AvgIpc) is 2.92. The summed E-state index contributed by atoms with van der Waals surface area (Å²) in [5.41, 5.74) is 0. The molecule has 0 saturated carbocycles. The average molecular weight is 304 g/mol. The van der Waals surface area contributed by atoms with E-state index in [2.05, 4.69) is 15.3 Å². The third-order valence-electron chi connectivity index (χ3n) is 3.59. The number of nitrogens with one attached hydrogen (secondary N) is 1. The van der Waals surface area contributed by atoms with Crippen LogP contribution in [0.5, 0.6) is 0 Å². The second-order valence-corrected chi connectivity index (χ2v) is 5.04. The molecule has 2 N–H and O–H groups in total. The summed E-state index contributed by atoms with van der Waals surface area (Å²) in [5, 5.41) is 11.6. The molecular formula is C13H19F3N4O. The molecule has 2 rings (SSSR count). The van der Waals surface area contributed by atoms with E-state index in [0.717, 1.165) is 19.3 Å². The molecule has 21 heavy (non-hydrogen) atoms. The minimum absolute atomic E-state index is 0.0870. The third kappa shape index (κ3) is 3.75. The zero-order valence-corrected chi connectivity index (χ0v) is 11.8. The highest BCUT2D eigenvalue weighted by molar-refractivity contribution is 5.50. The highest BCUT2D eigenvalue weighted by atomic mass is 19.4. The molecule has 0 spiro atoms. The molecule has 1 aliphatic heterocycles. The number of anilines is 2. The second kappa shape index (κ2) is 6.46. The van der Waals surface area contributed by atoms with Gasteiger partial charge >= 0.3 is 6.18 Å². The first-order valence-corrected chi connectivity index (χ1v) is 6.97. The van der Waals surface area contributed by atoms with Crippen molar-refractivity contribution in [2.75, 3.05) is 30.4 Å². The van der Waals surface area contributed by atoms with Gasteiger partial charge in [-0.25, -0.2) is 9.97 Å². The van der Waals surface area contributed by atoms with Gasteiger partial charge in [-0.15, -0.1) is 0 Å². The van der Waals surface area contributed by atoms with Crippen LogP contribution in [0.2, 0.25) is 0 Å². The predicted octanol–water partition coefficient (Wildman–Crippen LogP) is 2.28. The first-order valence-electron chi connectivity index (χ1n) is 6.97.